The zero-order valence-electron chi connectivity index (χ0n) is 10.3. The number of benzene rings is 1. The Balaban J connectivity index is 3.25. The van der Waals surface area contributed by atoms with E-state index in [1.165, 1.54) is 7.05 Å². The first-order valence-electron chi connectivity index (χ1n) is 5.34. The van der Waals surface area contributed by atoms with Crippen molar-refractivity contribution in [3.63, 3.8) is 0 Å². The first-order chi connectivity index (χ1) is 9.19. The van der Waals surface area contributed by atoms with Crippen LogP contribution in [0.3, 0.4) is 0 Å². The molecule has 1 aromatic carbocycles. The van der Waals surface area contributed by atoms with E-state index in [1.807, 2.05) is 0 Å². The van der Waals surface area contributed by atoms with E-state index in [0.717, 1.165) is 12.1 Å². The summed E-state index contributed by atoms with van der Waals surface area (Å²) in [5, 5.41) is 10.8. The molecule has 9 heteroatoms. The summed E-state index contributed by atoms with van der Waals surface area (Å²) in [5.74, 6) is -4.20. The number of carboxylic acid groups (broad SMARTS) is 1. The molecule has 0 aliphatic carbocycles. The van der Waals surface area contributed by atoms with Crippen molar-refractivity contribution in [3.8, 4) is 0 Å². The Labute approximate surface area is 119 Å². The lowest BCUT2D eigenvalue weighted by molar-refractivity contribution is -0.120. The minimum absolute atomic E-state index is 0.220. The molecule has 0 saturated heterocycles. The highest BCUT2D eigenvalue weighted by atomic mass is 35.5. The van der Waals surface area contributed by atoms with Gasteiger partial charge in [0, 0.05) is 18.5 Å². The second-order valence-electron chi connectivity index (χ2n) is 3.81. The third-order valence-electron chi connectivity index (χ3n) is 2.45. The van der Waals surface area contributed by atoms with Gasteiger partial charge in [0.05, 0.1) is 11.3 Å². The number of hydrogen-bond acceptors (Lipinski definition) is 4. The monoisotopic (exact) mass is 323 g/mol. The van der Waals surface area contributed by atoms with Crippen molar-refractivity contribution in [1.82, 2.24) is 5.32 Å². The number of carbonyl (C=O) groups is 2. The molecule has 0 unspecified atom stereocenters. The molecule has 110 valence electrons. The first kappa shape index (κ1) is 16.4. The van der Waals surface area contributed by atoms with Crippen LogP contribution in [0.4, 0.5) is 4.39 Å². The number of sulfone groups is 1. The lowest BCUT2D eigenvalue weighted by atomic mass is 10.2. The summed E-state index contributed by atoms with van der Waals surface area (Å²) in [6.07, 6.45) is -0.368. The second-order valence-corrected chi connectivity index (χ2v) is 6.33. The van der Waals surface area contributed by atoms with E-state index in [9.17, 15) is 22.4 Å². The number of halogens is 2. The van der Waals surface area contributed by atoms with Gasteiger partial charge >= 0.3 is 5.97 Å². The van der Waals surface area contributed by atoms with E-state index in [4.69, 9.17) is 16.7 Å². The third-order valence-corrected chi connectivity index (χ3v) is 4.37. The molecular formula is C11H11ClFNO5S. The number of carbonyl (C=O) groups excluding carboxylic acids is 1. The van der Waals surface area contributed by atoms with Gasteiger partial charge in [-0.15, -0.1) is 0 Å². The maximum atomic E-state index is 13.9. The fourth-order valence-electron chi connectivity index (χ4n) is 1.41. The molecule has 1 aromatic rings. The molecule has 1 amide bonds. The normalized spacial score (nSPS) is 11.2. The van der Waals surface area contributed by atoms with Crippen molar-refractivity contribution in [2.45, 2.75) is 11.3 Å². The molecule has 0 aromatic heterocycles. The van der Waals surface area contributed by atoms with E-state index in [1.54, 1.807) is 0 Å². The maximum absolute atomic E-state index is 13.9. The summed E-state index contributed by atoms with van der Waals surface area (Å²) in [5.41, 5.74) is -0.837. The number of rotatable bonds is 5. The number of carboxylic acids is 1. The Kier molecular flexibility index (Phi) is 5.07. The van der Waals surface area contributed by atoms with Gasteiger partial charge in [0.15, 0.2) is 15.7 Å². The van der Waals surface area contributed by atoms with Crippen LogP contribution in [0.5, 0.6) is 0 Å². The standard InChI is InChI=1S/C11H11ClFNO5S/c1-14-9(15)2-3-20(18,19)8-5-6(12)4-7(10(8)13)11(16)17/h4-5H,2-3H2,1H3,(H,14,15)(H,16,17). The molecule has 0 radical (unpaired) electrons. The Bertz CT molecular complexity index is 659. The van der Waals surface area contributed by atoms with Gasteiger partial charge in [0.25, 0.3) is 0 Å². The Hall–Kier alpha value is -1.67. The smallest absolute Gasteiger partial charge is 0.338 e. The van der Waals surface area contributed by atoms with Crippen molar-refractivity contribution in [1.29, 1.82) is 0 Å². The summed E-state index contributed by atoms with van der Waals surface area (Å²) in [4.78, 5) is 21.0. The van der Waals surface area contributed by atoms with Crippen LogP contribution in [-0.2, 0) is 14.6 Å². The average Bonchev–Trinajstić information content (AvgIpc) is 2.37. The van der Waals surface area contributed by atoms with Crippen LogP contribution in [-0.4, -0.2) is 38.2 Å². The van der Waals surface area contributed by atoms with E-state index in [0.29, 0.717) is 0 Å². The topological polar surface area (TPSA) is 101 Å². The molecule has 0 heterocycles. The number of amides is 1. The van der Waals surface area contributed by atoms with E-state index >= 15 is 0 Å². The molecule has 0 atom stereocenters. The molecule has 0 fully saturated rings. The van der Waals surface area contributed by atoms with Crippen molar-refractivity contribution >= 4 is 33.3 Å². The molecule has 0 saturated carbocycles. The van der Waals surface area contributed by atoms with Gasteiger partial charge < -0.3 is 10.4 Å². The van der Waals surface area contributed by atoms with Gasteiger partial charge in [-0.25, -0.2) is 17.6 Å². The van der Waals surface area contributed by atoms with Gasteiger partial charge in [-0.1, -0.05) is 11.6 Å². The fourth-order valence-corrected chi connectivity index (χ4v) is 3.05. The minimum atomic E-state index is -4.16. The number of aromatic carboxylic acids is 1. The van der Waals surface area contributed by atoms with Crippen LogP contribution in [0.15, 0.2) is 17.0 Å². The van der Waals surface area contributed by atoms with E-state index < -0.39 is 43.7 Å². The molecule has 6 nitrogen and oxygen atoms in total. The highest BCUT2D eigenvalue weighted by molar-refractivity contribution is 7.91. The molecule has 2 N–H and O–H groups in total. The first-order valence-corrected chi connectivity index (χ1v) is 7.37. The average molecular weight is 324 g/mol. The fraction of sp³-hybridized carbons (Fsp3) is 0.273. The van der Waals surface area contributed by atoms with Crippen molar-refractivity contribution in [3.05, 3.63) is 28.5 Å². The van der Waals surface area contributed by atoms with Gasteiger partial charge in [0.2, 0.25) is 5.91 Å². The van der Waals surface area contributed by atoms with Crippen LogP contribution < -0.4 is 5.32 Å². The second kappa shape index (κ2) is 6.19. The summed E-state index contributed by atoms with van der Waals surface area (Å²) in [6, 6.07) is 1.64. The van der Waals surface area contributed by atoms with Gasteiger partial charge in [-0.05, 0) is 12.1 Å². The van der Waals surface area contributed by atoms with Crippen molar-refractivity contribution < 1.29 is 27.5 Å². The molecule has 0 aliphatic heterocycles. The van der Waals surface area contributed by atoms with Crippen LogP contribution in [0.25, 0.3) is 0 Å². The predicted molar refractivity (Wildman–Crippen MR) is 69.1 cm³/mol. The van der Waals surface area contributed by atoms with Crippen LogP contribution in [0.1, 0.15) is 16.8 Å². The zero-order chi connectivity index (χ0) is 15.5. The van der Waals surface area contributed by atoms with E-state index in [2.05, 4.69) is 5.32 Å². The summed E-state index contributed by atoms with van der Waals surface area (Å²) in [7, 11) is -2.83. The third kappa shape index (κ3) is 3.67. The number of hydrogen-bond donors (Lipinski definition) is 2. The lowest BCUT2D eigenvalue weighted by Gasteiger charge is -2.08. The highest BCUT2D eigenvalue weighted by Crippen LogP contribution is 2.25. The quantitative estimate of drug-likeness (QED) is 0.844. The minimum Gasteiger partial charge on any atom is -0.478 e. The Morgan fingerprint density at radius 3 is 2.50 bits per heavy atom. The van der Waals surface area contributed by atoms with Crippen LogP contribution in [0.2, 0.25) is 5.02 Å². The molecule has 0 spiro atoms. The van der Waals surface area contributed by atoms with Crippen LogP contribution in [0, 0.1) is 5.82 Å². The molecule has 1 rings (SSSR count). The zero-order valence-corrected chi connectivity index (χ0v) is 11.9. The SMILES string of the molecule is CNC(=O)CCS(=O)(=O)c1cc(Cl)cc(C(=O)O)c1F. The molecular weight excluding hydrogens is 313 g/mol. The highest BCUT2D eigenvalue weighted by Gasteiger charge is 2.25. The van der Waals surface area contributed by atoms with E-state index in [-0.39, 0.29) is 11.4 Å². The lowest BCUT2D eigenvalue weighted by Crippen LogP contribution is -2.22. The van der Waals surface area contributed by atoms with Crippen LogP contribution >= 0.6 is 11.6 Å². The molecule has 0 aliphatic rings. The number of nitrogens with one attached hydrogen (secondary N) is 1. The largest absolute Gasteiger partial charge is 0.478 e. The Morgan fingerprint density at radius 2 is 2.00 bits per heavy atom. The molecule has 20 heavy (non-hydrogen) atoms. The van der Waals surface area contributed by atoms with Gasteiger partial charge in [0.1, 0.15) is 4.90 Å². The van der Waals surface area contributed by atoms with Gasteiger partial charge in [-0.3, -0.25) is 4.79 Å². The van der Waals surface area contributed by atoms with Crippen molar-refractivity contribution in [2.75, 3.05) is 12.8 Å². The molecule has 0 bridgehead atoms. The van der Waals surface area contributed by atoms with Crippen molar-refractivity contribution in [2.24, 2.45) is 0 Å². The summed E-state index contributed by atoms with van der Waals surface area (Å²) in [6.45, 7) is 0. The predicted octanol–water partition coefficient (Wildman–Crippen LogP) is 1.09. The van der Waals surface area contributed by atoms with Gasteiger partial charge in [-0.2, -0.15) is 0 Å². The maximum Gasteiger partial charge on any atom is 0.338 e. The summed E-state index contributed by atoms with van der Waals surface area (Å²) >= 11 is 5.59. The summed E-state index contributed by atoms with van der Waals surface area (Å²) < 4.78 is 37.7. The Morgan fingerprint density at radius 1 is 1.40 bits per heavy atom.